The van der Waals surface area contributed by atoms with E-state index in [1.54, 1.807) is 6.92 Å². The molecule has 2 aromatic rings. The fraction of sp³-hybridized carbons (Fsp3) is 0.0769. The molecule has 7 nitrogen and oxygen atoms in total. The highest BCUT2D eigenvalue weighted by atomic mass is 35.5. The van der Waals surface area contributed by atoms with E-state index in [1.165, 1.54) is 12.1 Å². The molecule has 8 heteroatoms. The van der Waals surface area contributed by atoms with Crippen LogP contribution in [-0.2, 0) is 0 Å². The van der Waals surface area contributed by atoms with Gasteiger partial charge in [0, 0.05) is 23.4 Å². The number of nitrogens with zero attached hydrogens (tertiary/aromatic N) is 2. The van der Waals surface area contributed by atoms with Crippen LogP contribution in [0.2, 0.25) is 5.15 Å². The Labute approximate surface area is 124 Å². The van der Waals surface area contributed by atoms with Gasteiger partial charge in [-0.05, 0) is 25.1 Å². The first-order valence-corrected chi connectivity index (χ1v) is 6.17. The summed E-state index contributed by atoms with van der Waals surface area (Å²) in [6.07, 6.45) is 0. The van der Waals surface area contributed by atoms with Gasteiger partial charge in [-0.15, -0.1) is 0 Å². The SMILES string of the molecule is Cc1cc(C(=O)Nc2cc([N+](=O)[O-])ccc2O)cc(Cl)n1. The molecule has 0 saturated heterocycles. The van der Waals surface area contributed by atoms with Crippen LogP contribution in [0.15, 0.2) is 30.3 Å². The number of rotatable bonds is 3. The minimum atomic E-state index is -0.622. The minimum absolute atomic E-state index is 0.0558. The lowest BCUT2D eigenvalue weighted by Gasteiger charge is -2.08. The number of phenolic OH excluding ortho intramolecular Hbond substituents is 1. The number of nitro benzene ring substituents is 1. The predicted octanol–water partition coefficient (Wildman–Crippen LogP) is 2.91. The maximum atomic E-state index is 12.1. The molecule has 0 bridgehead atoms. The van der Waals surface area contributed by atoms with Crippen LogP contribution in [0.25, 0.3) is 0 Å². The summed E-state index contributed by atoms with van der Waals surface area (Å²) in [6, 6.07) is 6.22. The van der Waals surface area contributed by atoms with Crippen LogP contribution < -0.4 is 5.32 Å². The number of aromatic nitrogens is 1. The van der Waals surface area contributed by atoms with E-state index >= 15 is 0 Å². The van der Waals surface area contributed by atoms with E-state index in [0.29, 0.717) is 5.69 Å². The molecule has 0 spiro atoms. The van der Waals surface area contributed by atoms with Crippen molar-refractivity contribution >= 4 is 28.9 Å². The van der Waals surface area contributed by atoms with E-state index in [2.05, 4.69) is 10.3 Å². The number of non-ortho nitro benzene ring substituents is 1. The normalized spacial score (nSPS) is 10.2. The number of carbonyl (C=O) groups is 1. The summed E-state index contributed by atoms with van der Waals surface area (Å²) >= 11 is 5.77. The number of amides is 1. The number of carbonyl (C=O) groups excluding carboxylic acids is 1. The van der Waals surface area contributed by atoms with Gasteiger partial charge in [0.15, 0.2) is 0 Å². The summed E-state index contributed by atoms with van der Waals surface area (Å²) < 4.78 is 0. The zero-order valence-electron chi connectivity index (χ0n) is 10.8. The molecular formula is C13H10ClN3O4. The van der Waals surface area contributed by atoms with Gasteiger partial charge in [-0.25, -0.2) is 4.98 Å². The first kappa shape index (κ1) is 14.7. The quantitative estimate of drug-likeness (QED) is 0.392. The summed E-state index contributed by atoms with van der Waals surface area (Å²) in [4.78, 5) is 26.1. The van der Waals surface area contributed by atoms with E-state index in [0.717, 1.165) is 18.2 Å². The monoisotopic (exact) mass is 307 g/mol. The fourth-order valence-electron chi connectivity index (χ4n) is 1.69. The Morgan fingerprint density at radius 2 is 2.10 bits per heavy atom. The molecule has 0 aliphatic heterocycles. The number of anilines is 1. The lowest BCUT2D eigenvalue weighted by Crippen LogP contribution is -2.12. The van der Waals surface area contributed by atoms with Crippen molar-refractivity contribution in [2.75, 3.05) is 5.32 Å². The summed E-state index contributed by atoms with van der Waals surface area (Å²) in [6.45, 7) is 1.67. The van der Waals surface area contributed by atoms with Gasteiger partial charge in [0.25, 0.3) is 11.6 Å². The fourth-order valence-corrected chi connectivity index (χ4v) is 1.94. The molecule has 1 aromatic carbocycles. The molecule has 0 aliphatic rings. The molecule has 0 atom stereocenters. The van der Waals surface area contributed by atoms with Crippen molar-refractivity contribution in [1.29, 1.82) is 0 Å². The van der Waals surface area contributed by atoms with Crippen LogP contribution in [0.1, 0.15) is 16.1 Å². The van der Waals surface area contributed by atoms with Crippen molar-refractivity contribution in [1.82, 2.24) is 4.98 Å². The first-order valence-electron chi connectivity index (χ1n) is 5.80. The molecule has 0 saturated carbocycles. The molecule has 1 amide bonds. The number of hydrogen-bond donors (Lipinski definition) is 2. The van der Waals surface area contributed by atoms with Crippen LogP contribution in [0.5, 0.6) is 5.75 Å². The smallest absolute Gasteiger partial charge is 0.271 e. The molecule has 0 aliphatic carbocycles. The molecule has 0 radical (unpaired) electrons. The molecule has 0 unspecified atom stereocenters. The largest absolute Gasteiger partial charge is 0.506 e. The van der Waals surface area contributed by atoms with E-state index in [-0.39, 0.29) is 27.8 Å². The summed E-state index contributed by atoms with van der Waals surface area (Å²) in [5.41, 5.74) is 0.487. The van der Waals surface area contributed by atoms with E-state index in [4.69, 9.17) is 11.6 Å². The minimum Gasteiger partial charge on any atom is -0.506 e. The van der Waals surface area contributed by atoms with Crippen molar-refractivity contribution in [3.05, 3.63) is 56.9 Å². The Morgan fingerprint density at radius 1 is 1.38 bits per heavy atom. The Balaban J connectivity index is 2.31. The van der Waals surface area contributed by atoms with Crippen molar-refractivity contribution in [2.45, 2.75) is 6.92 Å². The molecule has 2 rings (SSSR count). The zero-order chi connectivity index (χ0) is 15.6. The number of benzene rings is 1. The second-order valence-electron chi connectivity index (χ2n) is 4.23. The van der Waals surface area contributed by atoms with Gasteiger partial charge in [-0.1, -0.05) is 11.6 Å². The average Bonchev–Trinajstić information content (AvgIpc) is 2.39. The highest BCUT2D eigenvalue weighted by Crippen LogP contribution is 2.28. The second kappa shape index (κ2) is 5.76. The van der Waals surface area contributed by atoms with Crippen molar-refractivity contribution in [3.63, 3.8) is 0 Å². The van der Waals surface area contributed by atoms with Crippen LogP contribution in [0.3, 0.4) is 0 Å². The lowest BCUT2D eigenvalue weighted by atomic mass is 10.2. The maximum Gasteiger partial charge on any atom is 0.271 e. The third-order valence-corrected chi connectivity index (χ3v) is 2.82. The third kappa shape index (κ3) is 3.46. The molecule has 1 heterocycles. The Hall–Kier alpha value is -2.67. The topological polar surface area (TPSA) is 105 Å². The van der Waals surface area contributed by atoms with E-state index in [9.17, 15) is 20.0 Å². The zero-order valence-corrected chi connectivity index (χ0v) is 11.6. The van der Waals surface area contributed by atoms with Gasteiger partial charge in [-0.3, -0.25) is 14.9 Å². The number of pyridine rings is 1. The van der Waals surface area contributed by atoms with E-state index in [1.807, 2.05) is 0 Å². The maximum absolute atomic E-state index is 12.1. The molecule has 108 valence electrons. The molecule has 0 fully saturated rings. The van der Waals surface area contributed by atoms with Gasteiger partial charge in [-0.2, -0.15) is 0 Å². The van der Waals surface area contributed by atoms with Gasteiger partial charge in [0.1, 0.15) is 10.9 Å². The lowest BCUT2D eigenvalue weighted by molar-refractivity contribution is -0.384. The number of hydrogen-bond acceptors (Lipinski definition) is 5. The Bertz CT molecular complexity index is 713. The van der Waals surface area contributed by atoms with Crippen molar-refractivity contribution < 1.29 is 14.8 Å². The standard InChI is InChI=1S/C13H10ClN3O4/c1-7-4-8(5-12(14)15-7)13(19)16-10-6-9(17(20)21)2-3-11(10)18/h2-6,18H,1H3,(H,16,19). The van der Waals surface area contributed by atoms with Gasteiger partial charge >= 0.3 is 0 Å². The molecule has 1 aromatic heterocycles. The highest BCUT2D eigenvalue weighted by molar-refractivity contribution is 6.29. The molecule has 21 heavy (non-hydrogen) atoms. The number of nitrogens with one attached hydrogen (secondary N) is 1. The van der Waals surface area contributed by atoms with Gasteiger partial charge in [0.05, 0.1) is 10.6 Å². The third-order valence-electron chi connectivity index (χ3n) is 2.62. The van der Waals surface area contributed by atoms with Crippen LogP contribution in [0, 0.1) is 17.0 Å². The van der Waals surface area contributed by atoms with Gasteiger partial charge in [0.2, 0.25) is 0 Å². The Morgan fingerprint density at radius 3 is 2.71 bits per heavy atom. The molecule has 2 N–H and O–H groups in total. The number of nitro groups is 1. The van der Waals surface area contributed by atoms with Crippen LogP contribution >= 0.6 is 11.6 Å². The summed E-state index contributed by atoms with van der Waals surface area (Å²) in [5, 5.41) is 22.9. The first-order chi connectivity index (χ1) is 9.86. The van der Waals surface area contributed by atoms with Crippen LogP contribution in [0.4, 0.5) is 11.4 Å². The number of phenols is 1. The Kier molecular flexibility index (Phi) is 4.04. The number of aryl methyl sites for hydroxylation is 1. The van der Waals surface area contributed by atoms with E-state index < -0.39 is 10.8 Å². The predicted molar refractivity (Wildman–Crippen MR) is 76.7 cm³/mol. The summed E-state index contributed by atoms with van der Waals surface area (Å²) in [7, 11) is 0. The highest BCUT2D eigenvalue weighted by Gasteiger charge is 2.14. The number of aromatic hydroxyl groups is 1. The van der Waals surface area contributed by atoms with Crippen molar-refractivity contribution in [2.24, 2.45) is 0 Å². The number of halogens is 1. The summed E-state index contributed by atoms with van der Waals surface area (Å²) in [5.74, 6) is -0.830. The molecular weight excluding hydrogens is 298 g/mol. The van der Waals surface area contributed by atoms with Gasteiger partial charge < -0.3 is 10.4 Å². The van der Waals surface area contributed by atoms with Crippen LogP contribution in [-0.4, -0.2) is 20.9 Å². The van der Waals surface area contributed by atoms with Crippen molar-refractivity contribution in [3.8, 4) is 5.75 Å². The average molecular weight is 308 g/mol. The second-order valence-corrected chi connectivity index (χ2v) is 4.62.